The molecule has 5 nitrogen and oxygen atoms in total. The smallest absolute Gasteiger partial charge is 0.159 e. The van der Waals surface area contributed by atoms with Gasteiger partial charge in [0.15, 0.2) is 17.5 Å². The van der Waals surface area contributed by atoms with Gasteiger partial charge in [0.1, 0.15) is 5.52 Å². The van der Waals surface area contributed by atoms with E-state index >= 15 is 0 Å². The monoisotopic (exact) mass is 357 g/mol. The number of anilines is 1. The molecule has 0 amide bonds. The quantitative estimate of drug-likeness (QED) is 0.777. The minimum Gasteiger partial charge on any atom is -0.365 e. The summed E-state index contributed by atoms with van der Waals surface area (Å²) < 4.78 is 28.2. The van der Waals surface area contributed by atoms with E-state index in [9.17, 15) is 8.78 Å². The maximum Gasteiger partial charge on any atom is 0.159 e. The first kappa shape index (κ1) is 16.9. The van der Waals surface area contributed by atoms with Crippen molar-refractivity contribution in [3.05, 3.63) is 59.6 Å². The molecule has 1 fully saturated rings. The molecular weight excluding hydrogens is 336 g/mol. The largest absolute Gasteiger partial charge is 0.365 e. The second kappa shape index (κ2) is 6.99. The SMILES string of the molecule is Cc1cc2c(NC3CCN(Cc4ccc(F)c(F)c4)CC3)nccn2n1. The molecule has 3 heterocycles. The molecular formula is C19H21F2N5. The van der Waals surface area contributed by atoms with Gasteiger partial charge in [0.25, 0.3) is 0 Å². The maximum atomic E-state index is 13.3. The summed E-state index contributed by atoms with van der Waals surface area (Å²) in [6.07, 6.45) is 5.54. The lowest BCUT2D eigenvalue weighted by molar-refractivity contribution is 0.211. The van der Waals surface area contributed by atoms with Crippen molar-refractivity contribution < 1.29 is 8.78 Å². The zero-order chi connectivity index (χ0) is 18.1. The number of nitrogens with one attached hydrogen (secondary N) is 1. The fraction of sp³-hybridized carbons (Fsp3) is 0.368. The minimum atomic E-state index is -0.798. The van der Waals surface area contributed by atoms with Gasteiger partial charge in [-0.3, -0.25) is 4.90 Å². The van der Waals surface area contributed by atoms with E-state index in [1.165, 1.54) is 12.1 Å². The number of halogens is 2. The second-order valence-electron chi connectivity index (χ2n) is 6.83. The highest BCUT2D eigenvalue weighted by Crippen LogP contribution is 2.21. The molecule has 1 N–H and O–H groups in total. The molecule has 0 saturated carbocycles. The standard InChI is InChI=1S/C19H21F2N5/c1-13-10-18-19(22-6-9-26(18)24-13)23-15-4-7-25(8-5-15)12-14-2-3-16(20)17(21)11-14/h2-3,6,9-11,15H,4-5,7-8,12H2,1H3,(H,22,23). The van der Waals surface area contributed by atoms with Crippen LogP contribution in [0, 0.1) is 18.6 Å². The van der Waals surface area contributed by atoms with Gasteiger partial charge in [0.05, 0.1) is 5.69 Å². The Morgan fingerprint density at radius 1 is 1.15 bits per heavy atom. The number of piperidine rings is 1. The number of benzene rings is 1. The third-order valence-electron chi connectivity index (χ3n) is 4.83. The lowest BCUT2D eigenvalue weighted by Crippen LogP contribution is -2.38. The van der Waals surface area contributed by atoms with Crippen molar-refractivity contribution in [1.29, 1.82) is 0 Å². The van der Waals surface area contributed by atoms with Gasteiger partial charge in [-0.2, -0.15) is 5.10 Å². The Hall–Kier alpha value is -2.54. The summed E-state index contributed by atoms with van der Waals surface area (Å²) in [5.74, 6) is -0.727. The van der Waals surface area contributed by atoms with Crippen molar-refractivity contribution in [2.75, 3.05) is 18.4 Å². The molecule has 0 unspecified atom stereocenters. The number of nitrogens with zero attached hydrogens (tertiary/aromatic N) is 4. The number of rotatable bonds is 4. The Morgan fingerprint density at radius 3 is 2.73 bits per heavy atom. The predicted octanol–water partition coefficient (Wildman–Crippen LogP) is 3.39. The first-order valence-electron chi connectivity index (χ1n) is 8.82. The third kappa shape index (κ3) is 3.53. The van der Waals surface area contributed by atoms with Crippen molar-refractivity contribution >= 4 is 11.3 Å². The molecule has 0 atom stereocenters. The summed E-state index contributed by atoms with van der Waals surface area (Å²) in [7, 11) is 0. The Morgan fingerprint density at radius 2 is 1.96 bits per heavy atom. The van der Waals surface area contributed by atoms with Crippen LogP contribution in [0.5, 0.6) is 0 Å². The van der Waals surface area contributed by atoms with Gasteiger partial charge in [-0.05, 0) is 43.5 Å². The van der Waals surface area contributed by atoms with Gasteiger partial charge in [0.2, 0.25) is 0 Å². The highest BCUT2D eigenvalue weighted by Gasteiger charge is 2.20. The van der Waals surface area contributed by atoms with Crippen LogP contribution in [0.2, 0.25) is 0 Å². The summed E-state index contributed by atoms with van der Waals surface area (Å²) in [6, 6.07) is 6.48. The van der Waals surface area contributed by atoms with Gasteiger partial charge in [-0.1, -0.05) is 6.07 Å². The summed E-state index contributed by atoms with van der Waals surface area (Å²) in [5, 5.41) is 7.94. The highest BCUT2D eigenvalue weighted by atomic mass is 19.2. The van der Waals surface area contributed by atoms with Crippen molar-refractivity contribution in [1.82, 2.24) is 19.5 Å². The number of aromatic nitrogens is 3. The van der Waals surface area contributed by atoms with E-state index in [1.54, 1.807) is 12.3 Å². The molecule has 2 aromatic heterocycles. The van der Waals surface area contributed by atoms with Crippen LogP contribution in [-0.4, -0.2) is 38.6 Å². The van der Waals surface area contributed by atoms with Crippen molar-refractivity contribution in [3.63, 3.8) is 0 Å². The number of aryl methyl sites for hydroxylation is 1. The number of fused-ring (bicyclic) bond motifs is 1. The topological polar surface area (TPSA) is 45.5 Å². The number of likely N-dealkylation sites (tertiary alicyclic amines) is 1. The van der Waals surface area contributed by atoms with E-state index < -0.39 is 11.6 Å². The predicted molar refractivity (Wildman–Crippen MR) is 96.0 cm³/mol. The Kier molecular flexibility index (Phi) is 4.55. The molecule has 7 heteroatoms. The minimum absolute atomic E-state index is 0.338. The average molecular weight is 357 g/mol. The lowest BCUT2D eigenvalue weighted by atomic mass is 10.0. The summed E-state index contributed by atoms with van der Waals surface area (Å²) >= 11 is 0. The van der Waals surface area contributed by atoms with Crippen LogP contribution in [0.1, 0.15) is 24.1 Å². The normalized spacial score (nSPS) is 16.3. The van der Waals surface area contributed by atoms with Gasteiger partial charge >= 0.3 is 0 Å². The molecule has 0 aliphatic carbocycles. The Labute approximate surface area is 150 Å². The van der Waals surface area contributed by atoms with Crippen molar-refractivity contribution in [2.24, 2.45) is 0 Å². The average Bonchev–Trinajstić information content (AvgIpc) is 3.01. The molecule has 1 aromatic carbocycles. The van der Waals surface area contributed by atoms with Crippen molar-refractivity contribution in [2.45, 2.75) is 32.4 Å². The van der Waals surface area contributed by atoms with E-state index in [4.69, 9.17) is 0 Å². The van der Waals surface area contributed by atoms with Gasteiger partial charge < -0.3 is 5.32 Å². The molecule has 3 aromatic rings. The molecule has 0 spiro atoms. The zero-order valence-corrected chi connectivity index (χ0v) is 14.6. The van der Waals surface area contributed by atoms with E-state index in [0.29, 0.717) is 12.6 Å². The summed E-state index contributed by atoms with van der Waals surface area (Å²) in [6.45, 7) is 4.41. The molecule has 1 saturated heterocycles. The van der Waals surface area contributed by atoms with Gasteiger partial charge in [0, 0.05) is 38.1 Å². The zero-order valence-electron chi connectivity index (χ0n) is 14.6. The van der Waals surface area contributed by atoms with Crippen LogP contribution in [0.25, 0.3) is 5.52 Å². The van der Waals surface area contributed by atoms with Crippen molar-refractivity contribution in [3.8, 4) is 0 Å². The Bertz CT molecular complexity index is 915. The van der Waals surface area contributed by atoms with Crippen LogP contribution in [0.3, 0.4) is 0 Å². The maximum absolute atomic E-state index is 13.3. The first-order valence-corrected chi connectivity index (χ1v) is 8.82. The molecule has 0 bridgehead atoms. The summed E-state index contributed by atoms with van der Waals surface area (Å²) in [4.78, 5) is 6.72. The molecule has 136 valence electrons. The Balaban J connectivity index is 1.36. The van der Waals surface area contributed by atoms with E-state index in [2.05, 4.69) is 20.3 Å². The molecule has 26 heavy (non-hydrogen) atoms. The van der Waals surface area contributed by atoms with E-state index in [-0.39, 0.29) is 0 Å². The van der Waals surface area contributed by atoms with Crippen LogP contribution in [-0.2, 0) is 6.54 Å². The van der Waals surface area contributed by atoms with Crippen LogP contribution in [0.15, 0.2) is 36.7 Å². The fourth-order valence-corrected chi connectivity index (χ4v) is 3.48. The molecule has 0 radical (unpaired) electrons. The summed E-state index contributed by atoms with van der Waals surface area (Å²) in [5.41, 5.74) is 2.74. The number of hydrogen-bond acceptors (Lipinski definition) is 4. The second-order valence-corrected chi connectivity index (χ2v) is 6.83. The van der Waals surface area contributed by atoms with E-state index in [0.717, 1.165) is 48.5 Å². The van der Waals surface area contributed by atoms with Gasteiger partial charge in [-0.25, -0.2) is 18.3 Å². The van der Waals surface area contributed by atoms with E-state index in [1.807, 2.05) is 23.7 Å². The van der Waals surface area contributed by atoms with Crippen LogP contribution >= 0.6 is 0 Å². The molecule has 1 aliphatic rings. The van der Waals surface area contributed by atoms with Crippen LogP contribution < -0.4 is 5.32 Å². The third-order valence-corrected chi connectivity index (χ3v) is 4.83. The molecule has 4 rings (SSSR count). The fourth-order valence-electron chi connectivity index (χ4n) is 3.48. The molecule has 1 aliphatic heterocycles. The number of hydrogen-bond donors (Lipinski definition) is 1. The van der Waals surface area contributed by atoms with Gasteiger partial charge in [-0.15, -0.1) is 0 Å². The first-order chi connectivity index (χ1) is 12.6. The lowest BCUT2D eigenvalue weighted by Gasteiger charge is -2.32. The van der Waals surface area contributed by atoms with Crippen LogP contribution in [0.4, 0.5) is 14.6 Å². The highest BCUT2D eigenvalue weighted by molar-refractivity contribution is 5.68.